The van der Waals surface area contributed by atoms with E-state index in [-0.39, 0.29) is 11.7 Å². The van der Waals surface area contributed by atoms with Gasteiger partial charge in [-0.2, -0.15) is 0 Å². The third kappa shape index (κ3) is 4.32. The van der Waals surface area contributed by atoms with Crippen LogP contribution in [0, 0.1) is 10.1 Å². The van der Waals surface area contributed by atoms with Gasteiger partial charge in [0, 0.05) is 42.1 Å². The van der Waals surface area contributed by atoms with Crippen molar-refractivity contribution in [3.8, 4) is 0 Å². The fourth-order valence-electron chi connectivity index (χ4n) is 1.37. The molecular weight excluding hydrogens is 288 g/mol. The molecule has 0 fully saturated rings. The smallest absolute Gasteiger partial charge is 0.270 e. The van der Waals surface area contributed by atoms with Gasteiger partial charge in [-0.15, -0.1) is 0 Å². The fourth-order valence-corrected chi connectivity index (χ4v) is 1.85. The first-order valence-corrected chi connectivity index (χ1v) is 6.03. The van der Waals surface area contributed by atoms with Gasteiger partial charge < -0.3 is 10.1 Å². The van der Waals surface area contributed by atoms with Crippen LogP contribution in [-0.2, 0) is 4.74 Å². The van der Waals surface area contributed by atoms with Crippen LogP contribution in [0.3, 0.4) is 0 Å². The lowest BCUT2D eigenvalue weighted by molar-refractivity contribution is -0.384. The number of rotatable bonds is 6. The minimum Gasteiger partial charge on any atom is -0.385 e. The lowest BCUT2D eigenvalue weighted by Gasteiger charge is -2.15. The highest BCUT2D eigenvalue weighted by atomic mass is 79.9. The van der Waals surface area contributed by atoms with E-state index in [1.807, 2.05) is 6.92 Å². The fraction of sp³-hybridized carbons (Fsp3) is 0.455. The third-order valence-corrected chi connectivity index (χ3v) is 2.98. The van der Waals surface area contributed by atoms with Crippen molar-refractivity contribution in [3.63, 3.8) is 0 Å². The van der Waals surface area contributed by atoms with Crippen molar-refractivity contribution >= 4 is 27.3 Å². The van der Waals surface area contributed by atoms with Crippen LogP contribution in [0.1, 0.15) is 13.3 Å². The number of nitrogens with zero attached hydrogens (tertiary/aromatic N) is 1. The third-order valence-electron chi connectivity index (χ3n) is 2.32. The quantitative estimate of drug-likeness (QED) is 0.647. The van der Waals surface area contributed by atoms with Crippen molar-refractivity contribution in [2.24, 2.45) is 0 Å². The van der Waals surface area contributed by atoms with Gasteiger partial charge in [-0.3, -0.25) is 10.1 Å². The molecule has 94 valence electrons. The van der Waals surface area contributed by atoms with E-state index in [4.69, 9.17) is 4.74 Å². The molecule has 0 heterocycles. The van der Waals surface area contributed by atoms with Crippen LogP contribution >= 0.6 is 15.9 Å². The highest BCUT2D eigenvalue weighted by Crippen LogP contribution is 2.27. The Labute approximate surface area is 108 Å². The lowest BCUT2D eigenvalue weighted by Crippen LogP contribution is -2.17. The summed E-state index contributed by atoms with van der Waals surface area (Å²) in [6.07, 6.45) is 0.875. The Morgan fingerprint density at radius 3 is 2.82 bits per heavy atom. The van der Waals surface area contributed by atoms with Crippen molar-refractivity contribution in [1.29, 1.82) is 0 Å². The first kappa shape index (κ1) is 13.9. The molecule has 1 atom stereocenters. The van der Waals surface area contributed by atoms with Crippen LogP contribution in [0.25, 0.3) is 0 Å². The summed E-state index contributed by atoms with van der Waals surface area (Å²) < 4.78 is 5.68. The van der Waals surface area contributed by atoms with E-state index in [2.05, 4.69) is 21.2 Å². The molecule has 0 aliphatic heterocycles. The van der Waals surface area contributed by atoms with Crippen LogP contribution in [0.2, 0.25) is 0 Å². The molecule has 1 unspecified atom stereocenters. The summed E-state index contributed by atoms with van der Waals surface area (Å²) in [5.74, 6) is 0. The predicted octanol–water partition coefficient (Wildman–Crippen LogP) is 3.19. The first-order valence-electron chi connectivity index (χ1n) is 5.24. The Morgan fingerprint density at radius 1 is 1.59 bits per heavy atom. The standard InChI is InChI=1S/C11H15BrN2O3/c1-8(5-6-17-2)13-11-4-3-9(14(15)16)7-10(11)12/h3-4,7-8,13H,5-6H2,1-2H3. The summed E-state index contributed by atoms with van der Waals surface area (Å²) in [7, 11) is 1.66. The molecule has 1 N–H and O–H groups in total. The SMILES string of the molecule is COCCC(C)Nc1ccc([N+](=O)[O-])cc1Br. The van der Waals surface area contributed by atoms with Crippen LogP contribution in [-0.4, -0.2) is 24.7 Å². The molecule has 17 heavy (non-hydrogen) atoms. The number of hydrogen-bond acceptors (Lipinski definition) is 4. The average molecular weight is 303 g/mol. The molecule has 1 rings (SSSR count). The molecule has 0 spiro atoms. The summed E-state index contributed by atoms with van der Waals surface area (Å²) in [5, 5.41) is 13.8. The highest BCUT2D eigenvalue weighted by molar-refractivity contribution is 9.10. The van der Waals surface area contributed by atoms with Crippen LogP contribution in [0.15, 0.2) is 22.7 Å². The molecular formula is C11H15BrN2O3. The number of hydrogen-bond donors (Lipinski definition) is 1. The van der Waals surface area contributed by atoms with Gasteiger partial charge in [0.2, 0.25) is 0 Å². The van der Waals surface area contributed by atoms with Gasteiger partial charge in [-0.05, 0) is 35.3 Å². The molecule has 5 nitrogen and oxygen atoms in total. The Morgan fingerprint density at radius 2 is 2.29 bits per heavy atom. The molecule has 6 heteroatoms. The van der Waals surface area contributed by atoms with Crippen molar-refractivity contribution < 1.29 is 9.66 Å². The van der Waals surface area contributed by atoms with Crippen molar-refractivity contribution in [2.75, 3.05) is 19.0 Å². The molecule has 0 radical (unpaired) electrons. The Balaban J connectivity index is 2.69. The van der Waals surface area contributed by atoms with E-state index in [0.29, 0.717) is 11.1 Å². The number of methoxy groups -OCH3 is 1. The largest absolute Gasteiger partial charge is 0.385 e. The highest BCUT2D eigenvalue weighted by Gasteiger charge is 2.10. The topological polar surface area (TPSA) is 64.4 Å². The van der Waals surface area contributed by atoms with Gasteiger partial charge in [0.1, 0.15) is 0 Å². The molecule has 0 amide bonds. The van der Waals surface area contributed by atoms with Gasteiger partial charge in [0.25, 0.3) is 5.69 Å². The summed E-state index contributed by atoms with van der Waals surface area (Å²) >= 11 is 3.31. The zero-order valence-electron chi connectivity index (χ0n) is 9.77. The molecule has 0 saturated carbocycles. The number of halogens is 1. The van der Waals surface area contributed by atoms with Gasteiger partial charge in [-0.25, -0.2) is 0 Å². The number of nitrogens with one attached hydrogen (secondary N) is 1. The Kier molecular flexibility index (Phi) is 5.37. The second-order valence-corrected chi connectivity index (χ2v) is 4.60. The van der Waals surface area contributed by atoms with Crippen molar-refractivity contribution in [2.45, 2.75) is 19.4 Å². The number of non-ortho nitro benzene ring substituents is 1. The van der Waals surface area contributed by atoms with Crippen LogP contribution < -0.4 is 5.32 Å². The summed E-state index contributed by atoms with van der Waals surface area (Å²) in [4.78, 5) is 10.2. The average Bonchev–Trinajstić information content (AvgIpc) is 2.28. The summed E-state index contributed by atoms with van der Waals surface area (Å²) in [6, 6.07) is 4.92. The van der Waals surface area contributed by atoms with Gasteiger partial charge in [0.15, 0.2) is 0 Å². The Hall–Kier alpha value is -1.14. The maximum Gasteiger partial charge on any atom is 0.270 e. The summed E-state index contributed by atoms with van der Waals surface area (Å²) in [6.45, 7) is 2.71. The first-order chi connectivity index (χ1) is 8.04. The minimum atomic E-state index is -0.414. The van der Waals surface area contributed by atoms with Crippen LogP contribution in [0.5, 0.6) is 0 Å². The van der Waals surface area contributed by atoms with E-state index in [1.54, 1.807) is 13.2 Å². The molecule has 0 aliphatic rings. The second-order valence-electron chi connectivity index (χ2n) is 3.75. The monoisotopic (exact) mass is 302 g/mol. The normalized spacial score (nSPS) is 12.2. The maximum absolute atomic E-state index is 10.6. The van der Waals surface area contributed by atoms with E-state index >= 15 is 0 Å². The van der Waals surface area contributed by atoms with Gasteiger partial charge >= 0.3 is 0 Å². The molecule has 0 saturated heterocycles. The number of anilines is 1. The molecule has 0 aliphatic carbocycles. The second kappa shape index (κ2) is 6.56. The zero-order chi connectivity index (χ0) is 12.8. The van der Waals surface area contributed by atoms with Crippen LogP contribution in [0.4, 0.5) is 11.4 Å². The number of nitro benzene ring substituents is 1. The van der Waals surface area contributed by atoms with E-state index < -0.39 is 4.92 Å². The van der Waals surface area contributed by atoms with E-state index in [0.717, 1.165) is 12.1 Å². The number of benzene rings is 1. The van der Waals surface area contributed by atoms with Gasteiger partial charge in [0.05, 0.1) is 4.92 Å². The summed E-state index contributed by atoms with van der Waals surface area (Å²) in [5.41, 5.74) is 0.922. The van der Waals surface area contributed by atoms with Crippen molar-refractivity contribution in [3.05, 3.63) is 32.8 Å². The molecule has 0 aromatic heterocycles. The van der Waals surface area contributed by atoms with E-state index in [9.17, 15) is 10.1 Å². The predicted molar refractivity (Wildman–Crippen MR) is 70.4 cm³/mol. The molecule has 0 bridgehead atoms. The van der Waals surface area contributed by atoms with Gasteiger partial charge in [-0.1, -0.05) is 0 Å². The zero-order valence-corrected chi connectivity index (χ0v) is 11.4. The molecule has 1 aromatic carbocycles. The Bertz CT molecular complexity index is 398. The number of ether oxygens (including phenoxy) is 1. The van der Waals surface area contributed by atoms with Crippen molar-refractivity contribution in [1.82, 2.24) is 0 Å². The number of nitro groups is 1. The minimum absolute atomic E-state index is 0.0759. The maximum atomic E-state index is 10.6. The molecule has 1 aromatic rings. The lowest BCUT2D eigenvalue weighted by atomic mass is 10.2. The van der Waals surface area contributed by atoms with E-state index in [1.165, 1.54) is 12.1 Å².